The van der Waals surface area contributed by atoms with Gasteiger partial charge in [-0.15, -0.1) is 0 Å². The zero-order valence-electron chi connectivity index (χ0n) is 5.73. The molecule has 0 saturated carbocycles. The van der Waals surface area contributed by atoms with Gasteiger partial charge in [0.1, 0.15) is 6.67 Å². The van der Waals surface area contributed by atoms with E-state index in [1.165, 1.54) is 24.3 Å². The normalized spacial score (nSPS) is 10.5. The Morgan fingerprint density at radius 1 is 1.27 bits per heavy atom. The van der Waals surface area contributed by atoms with Crippen molar-refractivity contribution in [1.29, 1.82) is 0 Å². The first-order valence-electron chi connectivity index (χ1n) is 3.17. The quantitative estimate of drug-likeness (QED) is 0.623. The van der Waals surface area contributed by atoms with E-state index in [2.05, 4.69) is 0 Å². The van der Waals surface area contributed by atoms with Gasteiger partial charge in [-0.3, -0.25) is 0 Å². The Morgan fingerprint density at radius 2 is 2.00 bits per heavy atom. The lowest BCUT2D eigenvalue weighted by Gasteiger charge is -1.99. The lowest BCUT2D eigenvalue weighted by atomic mass is 10.1. The largest absolute Gasteiger partial charge is 0.263 e. The Balaban J connectivity index is 2.91. The molecule has 11 heavy (non-hydrogen) atoms. The van der Waals surface area contributed by atoms with E-state index in [4.69, 9.17) is 0 Å². The highest BCUT2D eigenvalue weighted by atomic mass is 19.3. The molecule has 0 atom stereocenters. The fourth-order valence-electron chi connectivity index (χ4n) is 0.812. The Hall–Kier alpha value is -0.990. The second-order valence-corrected chi connectivity index (χ2v) is 2.18. The molecule has 60 valence electrons. The third-order valence-corrected chi connectivity index (χ3v) is 1.36. The van der Waals surface area contributed by atoms with Crippen molar-refractivity contribution in [3.8, 4) is 0 Å². The molecule has 0 N–H and O–H groups in total. The van der Waals surface area contributed by atoms with Crippen LogP contribution in [-0.2, 0) is 6.67 Å². The van der Waals surface area contributed by atoms with Gasteiger partial charge in [0.25, 0.3) is 6.43 Å². The summed E-state index contributed by atoms with van der Waals surface area (Å²) in [5.41, 5.74) is 0.169. The Kier molecular flexibility index (Phi) is 2.52. The zero-order valence-corrected chi connectivity index (χ0v) is 5.73. The standard InChI is InChI=1S/C8H7F3/c9-5-6-2-1-3-7(4-6)8(10)11/h1-4,8H,5H2. The molecule has 1 rings (SSSR count). The van der Waals surface area contributed by atoms with Gasteiger partial charge in [0.2, 0.25) is 0 Å². The summed E-state index contributed by atoms with van der Waals surface area (Å²) < 4.78 is 35.8. The number of hydrogen-bond acceptors (Lipinski definition) is 0. The summed E-state index contributed by atoms with van der Waals surface area (Å²) in [5, 5.41) is 0. The lowest BCUT2D eigenvalue weighted by molar-refractivity contribution is 0.151. The summed E-state index contributed by atoms with van der Waals surface area (Å²) in [7, 11) is 0. The maximum Gasteiger partial charge on any atom is 0.263 e. The van der Waals surface area contributed by atoms with Gasteiger partial charge >= 0.3 is 0 Å². The molecule has 0 amide bonds. The van der Waals surface area contributed by atoms with Crippen molar-refractivity contribution in [2.45, 2.75) is 13.1 Å². The molecule has 0 saturated heterocycles. The lowest BCUT2D eigenvalue weighted by Crippen LogP contribution is -1.85. The summed E-state index contributed by atoms with van der Waals surface area (Å²) in [6.45, 7) is -0.694. The number of halogens is 3. The van der Waals surface area contributed by atoms with Crippen LogP contribution < -0.4 is 0 Å². The van der Waals surface area contributed by atoms with Crippen molar-refractivity contribution >= 4 is 0 Å². The molecule has 0 aliphatic rings. The Bertz CT molecular complexity index is 233. The molecule has 0 aromatic heterocycles. The number of rotatable bonds is 2. The molecule has 0 unspecified atom stereocenters. The number of benzene rings is 1. The summed E-state index contributed by atoms with van der Waals surface area (Å²) in [6, 6.07) is 5.36. The topological polar surface area (TPSA) is 0 Å². The van der Waals surface area contributed by atoms with Crippen molar-refractivity contribution < 1.29 is 13.2 Å². The molecule has 1 aromatic carbocycles. The van der Waals surface area contributed by atoms with Gasteiger partial charge in [0.15, 0.2) is 0 Å². The highest BCUT2D eigenvalue weighted by Gasteiger charge is 2.05. The third-order valence-electron chi connectivity index (χ3n) is 1.36. The van der Waals surface area contributed by atoms with Gasteiger partial charge in [-0.1, -0.05) is 18.2 Å². The monoisotopic (exact) mass is 160 g/mol. The van der Waals surface area contributed by atoms with Crippen molar-refractivity contribution in [1.82, 2.24) is 0 Å². The van der Waals surface area contributed by atoms with Crippen LogP contribution in [0.5, 0.6) is 0 Å². The summed E-state index contributed by atoms with van der Waals surface area (Å²) in [5.74, 6) is 0. The average molecular weight is 160 g/mol. The smallest absolute Gasteiger partial charge is 0.246 e. The van der Waals surface area contributed by atoms with E-state index in [0.717, 1.165) is 0 Å². The van der Waals surface area contributed by atoms with Gasteiger partial charge in [0.05, 0.1) is 0 Å². The average Bonchev–Trinajstić information content (AvgIpc) is 2.05. The van der Waals surface area contributed by atoms with E-state index in [1.807, 2.05) is 0 Å². The minimum absolute atomic E-state index is 0.125. The summed E-state index contributed by atoms with van der Waals surface area (Å²) in [4.78, 5) is 0. The van der Waals surface area contributed by atoms with Crippen LogP contribution >= 0.6 is 0 Å². The van der Waals surface area contributed by atoms with Crippen molar-refractivity contribution in [3.05, 3.63) is 35.4 Å². The molecular formula is C8H7F3. The minimum Gasteiger partial charge on any atom is -0.246 e. The molecule has 0 aliphatic heterocycles. The molecule has 0 fully saturated rings. The van der Waals surface area contributed by atoms with Crippen LogP contribution in [0.2, 0.25) is 0 Å². The summed E-state index contributed by atoms with van der Waals surface area (Å²) >= 11 is 0. The second-order valence-electron chi connectivity index (χ2n) is 2.18. The zero-order chi connectivity index (χ0) is 8.27. The van der Waals surface area contributed by atoms with Crippen LogP contribution in [0.25, 0.3) is 0 Å². The van der Waals surface area contributed by atoms with Crippen LogP contribution in [0.3, 0.4) is 0 Å². The van der Waals surface area contributed by atoms with E-state index >= 15 is 0 Å². The molecule has 0 aliphatic carbocycles. The first kappa shape index (κ1) is 8.11. The van der Waals surface area contributed by atoms with Crippen LogP contribution in [0.15, 0.2) is 24.3 Å². The first-order chi connectivity index (χ1) is 5.24. The Morgan fingerprint density at radius 3 is 2.55 bits per heavy atom. The molecule has 0 radical (unpaired) electrons. The van der Waals surface area contributed by atoms with Gasteiger partial charge in [-0.05, 0) is 11.6 Å². The van der Waals surface area contributed by atoms with Crippen LogP contribution in [0.4, 0.5) is 13.2 Å². The van der Waals surface area contributed by atoms with E-state index in [-0.39, 0.29) is 5.56 Å². The number of hydrogen-bond donors (Lipinski definition) is 0. The fraction of sp³-hybridized carbons (Fsp3) is 0.250. The van der Waals surface area contributed by atoms with E-state index in [1.54, 1.807) is 0 Å². The van der Waals surface area contributed by atoms with Crippen molar-refractivity contribution in [2.75, 3.05) is 0 Å². The molecule has 0 heterocycles. The van der Waals surface area contributed by atoms with E-state index in [9.17, 15) is 13.2 Å². The highest BCUT2D eigenvalue weighted by molar-refractivity contribution is 5.23. The molecular weight excluding hydrogens is 153 g/mol. The van der Waals surface area contributed by atoms with Gasteiger partial charge in [-0.2, -0.15) is 0 Å². The fourth-order valence-corrected chi connectivity index (χ4v) is 0.812. The van der Waals surface area contributed by atoms with Gasteiger partial charge in [0, 0.05) is 5.56 Å². The third kappa shape index (κ3) is 1.97. The number of alkyl halides is 3. The van der Waals surface area contributed by atoms with Gasteiger partial charge < -0.3 is 0 Å². The maximum atomic E-state index is 12.0. The van der Waals surface area contributed by atoms with Crippen molar-refractivity contribution in [3.63, 3.8) is 0 Å². The minimum atomic E-state index is -2.51. The molecule has 1 aromatic rings. The van der Waals surface area contributed by atoms with E-state index < -0.39 is 13.1 Å². The second kappa shape index (κ2) is 3.42. The highest BCUT2D eigenvalue weighted by Crippen LogP contribution is 2.19. The van der Waals surface area contributed by atoms with Crippen LogP contribution in [0, 0.1) is 0 Å². The predicted molar refractivity (Wildman–Crippen MR) is 36.2 cm³/mol. The maximum absolute atomic E-state index is 12.0. The van der Waals surface area contributed by atoms with Crippen molar-refractivity contribution in [2.24, 2.45) is 0 Å². The van der Waals surface area contributed by atoms with Crippen LogP contribution in [0.1, 0.15) is 17.6 Å². The van der Waals surface area contributed by atoms with E-state index in [0.29, 0.717) is 5.56 Å². The first-order valence-corrected chi connectivity index (χ1v) is 3.17. The molecule has 0 bridgehead atoms. The molecule has 3 heteroatoms. The van der Waals surface area contributed by atoms with Gasteiger partial charge in [-0.25, -0.2) is 13.2 Å². The molecule has 0 nitrogen and oxygen atoms in total. The summed E-state index contributed by atoms with van der Waals surface area (Å²) in [6.07, 6.45) is -2.51. The Labute approximate surface area is 62.7 Å². The SMILES string of the molecule is FCc1cccc(C(F)F)c1. The predicted octanol–water partition coefficient (Wildman–Crippen LogP) is 3.09. The van der Waals surface area contributed by atoms with Crippen LogP contribution in [-0.4, -0.2) is 0 Å². The molecule has 0 spiro atoms.